The third kappa shape index (κ3) is 3.93. The fraction of sp³-hybridized carbons (Fsp3) is 0.476. The molecule has 1 aromatic carbocycles. The molecule has 0 bridgehead atoms. The van der Waals surface area contributed by atoms with Crippen LogP contribution in [0.25, 0.3) is 17.0 Å². The SMILES string of the molecule is CO/C=C/c1ccc2cc(F)cc(O[Si](C(C)C)(C(C)C)C(C)C)c2n1. The Morgan fingerprint density at radius 3 is 2.15 bits per heavy atom. The van der Waals surface area contributed by atoms with Crippen LogP contribution in [0.2, 0.25) is 16.6 Å². The molecule has 5 heteroatoms. The summed E-state index contributed by atoms with van der Waals surface area (Å²) in [7, 11) is -0.608. The predicted octanol–water partition coefficient (Wildman–Crippen LogP) is 6.55. The highest BCUT2D eigenvalue weighted by Crippen LogP contribution is 2.44. The summed E-state index contributed by atoms with van der Waals surface area (Å²) in [5.41, 5.74) is 2.65. The Labute approximate surface area is 157 Å². The van der Waals surface area contributed by atoms with Gasteiger partial charge < -0.3 is 9.16 Å². The molecule has 3 nitrogen and oxygen atoms in total. The minimum Gasteiger partial charge on any atom is -0.541 e. The zero-order valence-corrected chi connectivity index (χ0v) is 17.8. The van der Waals surface area contributed by atoms with Gasteiger partial charge in [-0.25, -0.2) is 9.37 Å². The van der Waals surface area contributed by atoms with Gasteiger partial charge in [-0.3, -0.25) is 0 Å². The van der Waals surface area contributed by atoms with E-state index in [1.807, 2.05) is 12.1 Å². The van der Waals surface area contributed by atoms with Crippen molar-refractivity contribution in [1.29, 1.82) is 0 Å². The summed E-state index contributed by atoms with van der Waals surface area (Å²) >= 11 is 0. The number of hydrogen-bond acceptors (Lipinski definition) is 3. The van der Waals surface area contributed by atoms with E-state index in [1.54, 1.807) is 19.4 Å². The topological polar surface area (TPSA) is 31.4 Å². The van der Waals surface area contributed by atoms with E-state index in [0.29, 0.717) is 27.9 Å². The number of fused-ring (bicyclic) bond motifs is 1. The van der Waals surface area contributed by atoms with Crippen LogP contribution in [0.5, 0.6) is 5.75 Å². The predicted molar refractivity (Wildman–Crippen MR) is 109 cm³/mol. The van der Waals surface area contributed by atoms with E-state index < -0.39 is 8.32 Å². The van der Waals surface area contributed by atoms with Crippen LogP contribution in [0.3, 0.4) is 0 Å². The molecule has 1 heterocycles. The van der Waals surface area contributed by atoms with Gasteiger partial charge in [0.1, 0.15) is 17.1 Å². The number of aromatic nitrogens is 1. The largest absolute Gasteiger partial charge is 0.541 e. The summed E-state index contributed by atoms with van der Waals surface area (Å²) in [5.74, 6) is 0.254. The molecule has 0 spiro atoms. The Kier molecular flexibility index (Phi) is 6.45. The summed E-state index contributed by atoms with van der Waals surface area (Å²) in [5, 5.41) is 0.744. The highest BCUT2D eigenvalue weighted by Gasteiger charge is 2.47. The van der Waals surface area contributed by atoms with Gasteiger partial charge in [0.25, 0.3) is 8.32 Å². The highest BCUT2D eigenvalue weighted by atomic mass is 28.4. The lowest BCUT2D eigenvalue weighted by Crippen LogP contribution is -2.50. The third-order valence-corrected chi connectivity index (χ3v) is 11.1. The second kappa shape index (κ2) is 8.21. The average Bonchev–Trinajstić information content (AvgIpc) is 2.56. The van der Waals surface area contributed by atoms with E-state index in [2.05, 4.69) is 46.5 Å². The zero-order chi connectivity index (χ0) is 19.5. The molecule has 1 aromatic heterocycles. The monoisotopic (exact) mass is 375 g/mol. The Balaban J connectivity index is 2.64. The van der Waals surface area contributed by atoms with Crippen molar-refractivity contribution in [3.63, 3.8) is 0 Å². The highest BCUT2D eigenvalue weighted by molar-refractivity contribution is 6.78. The molecule has 0 atom stereocenters. The number of rotatable bonds is 7. The number of halogens is 1. The van der Waals surface area contributed by atoms with Gasteiger partial charge in [0.2, 0.25) is 0 Å². The molecule has 0 aliphatic heterocycles. The van der Waals surface area contributed by atoms with Crippen LogP contribution < -0.4 is 4.43 Å². The van der Waals surface area contributed by atoms with Crippen LogP contribution in [-0.4, -0.2) is 20.4 Å². The Hall–Kier alpha value is -1.88. The van der Waals surface area contributed by atoms with E-state index >= 15 is 0 Å². The maximum absolute atomic E-state index is 14.3. The molecule has 0 aliphatic carbocycles. The summed E-state index contributed by atoms with van der Waals surface area (Å²) < 4.78 is 26.0. The van der Waals surface area contributed by atoms with Gasteiger partial charge in [-0.1, -0.05) is 47.6 Å². The Morgan fingerprint density at radius 1 is 1.00 bits per heavy atom. The van der Waals surface area contributed by atoms with E-state index in [0.717, 1.165) is 11.1 Å². The lowest BCUT2D eigenvalue weighted by molar-refractivity contribution is 0.341. The van der Waals surface area contributed by atoms with Gasteiger partial charge in [-0.15, -0.1) is 0 Å². The van der Waals surface area contributed by atoms with Crippen molar-refractivity contribution >= 4 is 25.3 Å². The number of benzene rings is 1. The average molecular weight is 376 g/mol. The molecular weight excluding hydrogens is 345 g/mol. The molecule has 0 amide bonds. The van der Waals surface area contributed by atoms with Gasteiger partial charge in [0.05, 0.1) is 19.1 Å². The summed E-state index contributed by atoms with van der Waals surface area (Å²) in [4.78, 5) is 4.68. The van der Waals surface area contributed by atoms with Crippen molar-refractivity contribution in [1.82, 2.24) is 4.98 Å². The van der Waals surface area contributed by atoms with Crippen molar-refractivity contribution in [2.45, 2.75) is 58.2 Å². The van der Waals surface area contributed by atoms with Gasteiger partial charge in [0.15, 0.2) is 0 Å². The number of methoxy groups -OCH3 is 1. The number of hydrogen-bond donors (Lipinski definition) is 0. The van der Waals surface area contributed by atoms with Crippen LogP contribution in [0, 0.1) is 5.82 Å². The van der Waals surface area contributed by atoms with E-state index in [4.69, 9.17) is 9.16 Å². The first kappa shape index (κ1) is 20.4. The summed E-state index contributed by atoms with van der Waals surface area (Å²) in [6.07, 6.45) is 3.36. The molecule has 0 aliphatic rings. The third-order valence-electron chi connectivity index (χ3n) is 5.11. The van der Waals surface area contributed by atoms with Crippen molar-refractivity contribution in [2.24, 2.45) is 0 Å². The van der Waals surface area contributed by atoms with Gasteiger partial charge in [-0.2, -0.15) is 0 Å². The Morgan fingerprint density at radius 2 is 1.62 bits per heavy atom. The smallest absolute Gasteiger partial charge is 0.258 e. The van der Waals surface area contributed by atoms with E-state index in [9.17, 15) is 4.39 Å². The lowest BCUT2D eigenvalue weighted by Gasteiger charge is -2.42. The van der Waals surface area contributed by atoms with Crippen molar-refractivity contribution in [3.05, 3.63) is 42.0 Å². The molecule has 0 radical (unpaired) electrons. The minimum absolute atomic E-state index is 0.298. The molecule has 2 aromatic rings. The number of nitrogens with zero attached hydrogens (tertiary/aromatic N) is 1. The molecule has 0 N–H and O–H groups in total. The molecular formula is C21H30FNO2Si. The van der Waals surface area contributed by atoms with Crippen LogP contribution in [0.1, 0.15) is 47.2 Å². The van der Waals surface area contributed by atoms with Crippen molar-refractivity contribution in [3.8, 4) is 5.75 Å². The number of pyridine rings is 1. The summed E-state index contributed by atoms with van der Waals surface area (Å²) in [6, 6.07) is 6.70. The molecule has 0 fully saturated rings. The van der Waals surface area contributed by atoms with Crippen LogP contribution in [0.4, 0.5) is 4.39 Å². The van der Waals surface area contributed by atoms with E-state index in [1.165, 1.54) is 12.1 Å². The first-order chi connectivity index (χ1) is 12.2. The zero-order valence-electron chi connectivity index (χ0n) is 16.8. The quantitative estimate of drug-likeness (QED) is 0.406. The Bertz CT molecular complexity index is 765. The van der Waals surface area contributed by atoms with Crippen LogP contribution >= 0.6 is 0 Å². The fourth-order valence-corrected chi connectivity index (χ4v) is 9.28. The second-order valence-electron chi connectivity index (χ2n) is 7.67. The first-order valence-electron chi connectivity index (χ1n) is 9.21. The van der Waals surface area contributed by atoms with Crippen molar-refractivity contribution in [2.75, 3.05) is 7.11 Å². The molecule has 0 unspecified atom stereocenters. The normalized spacial score (nSPS) is 12.7. The molecule has 26 heavy (non-hydrogen) atoms. The van der Waals surface area contributed by atoms with Gasteiger partial charge in [-0.05, 0) is 34.8 Å². The molecule has 0 saturated carbocycles. The number of ether oxygens (including phenoxy) is 1. The van der Waals surface area contributed by atoms with Gasteiger partial charge >= 0.3 is 0 Å². The molecule has 2 rings (SSSR count). The van der Waals surface area contributed by atoms with Gasteiger partial charge in [0, 0.05) is 11.5 Å². The maximum Gasteiger partial charge on any atom is 0.258 e. The second-order valence-corrected chi connectivity index (χ2v) is 13.0. The molecule has 142 valence electrons. The fourth-order valence-electron chi connectivity index (χ4n) is 4.04. The first-order valence-corrected chi connectivity index (χ1v) is 11.3. The maximum atomic E-state index is 14.3. The standard InChI is InChI=1S/C21H30FNO2Si/c1-14(2)26(15(3)4,16(5)6)25-20-13-18(22)12-17-8-9-19(10-11-24-7)23-21(17)20/h8-16H,1-7H3/b11-10+. The lowest BCUT2D eigenvalue weighted by atomic mass is 10.2. The van der Waals surface area contributed by atoms with Crippen molar-refractivity contribution < 1.29 is 13.6 Å². The minimum atomic E-state index is -2.20. The van der Waals surface area contributed by atoms with Crippen LogP contribution in [-0.2, 0) is 4.74 Å². The van der Waals surface area contributed by atoms with E-state index in [-0.39, 0.29) is 5.82 Å². The molecule has 0 saturated heterocycles. The van der Waals surface area contributed by atoms with Crippen LogP contribution in [0.15, 0.2) is 30.5 Å². The summed E-state index contributed by atoms with van der Waals surface area (Å²) in [6.45, 7) is 13.3.